The van der Waals surface area contributed by atoms with Gasteiger partial charge < -0.3 is 38.6 Å². The molecular formula is C32H35NO11. The number of nitro benzene ring substituents is 1. The predicted octanol–water partition coefficient (Wildman–Crippen LogP) is 6.64. The first-order valence-corrected chi connectivity index (χ1v) is 13.8. The number of phenols is 1. The van der Waals surface area contributed by atoms with Crippen molar-refractivity contribution in [3.05, 3.63) is 87.5 Å². The minimum atomic E-state index is -0.980. The molecule has 3 atom stereocenters. The van der Waals surface area contributed by atoms with Gasteiger partial charge in [-0.3, -0.25) is 14.9 Å². The Kier molecular flexibility index (Phi) is 10.6. The first-order chi connectivity index (χ1) is 21.2. The first kappa shape index (κ1) is 32.1. The Balaban J connectivity index is 1.72. The van der Waals surface area contributed by atoms with Gasteiger partial charge in [0.2, 0.25) is 0 Å². The van der Waals surface area contributed by atoms with Gasteiger partial charge in [-0.25, -0.2) is 0 Å². The molecule has 1 aliphatic rings. The molecule has 0 spiro atoms. The lowest BCUT2D eigenvalue weighted by molar-refractivity contribution is -0.385. The van der Waals surface area contributed by atoms with Crippen molar-refractivity contribution in [3.8, 4) is 34.5 Å². The van der Waals surface area contributed by atoms with Crippen LogP contribution in [0.15, 0.2) is 60.7 Å². The van der Waals surface area contributed by atoms with Gasteiger partial charge >= 0.3 is 5.97 Å². The second-order valence-corrected chi connectivity index (χ2v) is 10.1. The minimum Gasteiger partial charge on any atom is -0.508 e. The molecule has 0 bridgehead atoms. The standard InChI is InChI=1S/C32H35NO11/c1-19-14-29(27(40-3)16-23(19)33(37)38)43-25-17-28(41-4)26(39-2)15-22(25)32-42-18-20(10-6-5-7-13-30(35)36)31(44-32)21-11-8-9-12-24(21)34/h5-6,8-9,11-12,14-17,20,31-32,34H,7,10,13,18H2,1-4H3,(H,35,36)/b6-5-/t20-,31+,32+/m1/s1. The van der Waals surface area contributed by atoms with Crippen molar-refractivity contribution in [3.63, 3.8) is 0 Å². The smallest absolute Gasteiger partial charge is 0.303 e. The maximum absolute atomic E-state index is 11.5. The number of aromatic hydroxyl groups is 1. The summed E-state index contributed by atoms with van der Waals surface area (Å²) in [6.07, 6.45) is 3.05. The minimum absolute atomic E-state index is 0.0281. The summed E-state index contributed by atoms with van der Waals surface area (Å²) in [4.78, 5) is 21.9. The molecule has 2 N–H and O–H groups in total. The predicted molar refractivity (Wildman–Crippen MR) is 159 cm³/mol. The van der Waals surface area contributed by atoms with Crippen LogP contribution >= 0.6 is 0 Å². The van der Waals surface area contributed by atoms with E-state index in [-0.39, 0.29) is 47.6 Å². The number of ether oxygens (including phenoxy) is 6. The lowest BCUT2D eigenvalue weighted by atomic mass is 9.91. The van der Waals surface area contributed by atoms with Crippen LogP contribution in [-0.2, 0) is 14.3 Å². The van der Waals surface area contributed by atoms with Gasteiger partial charge in [0, 0.05) is 29.5 Å². The molecule has 0 radical (unpaired) electrons. The Hall–Kier alpha value is -4.81. The molecule has 1 fully saturated rings. The van der Waals surface area contributed by atoms with Crippen molar-refractivity contribution in [2.45, 2.75) is 38.6 Å². The molecular weight excluding hydrogens is 574 g/mol. The summed E-state index contributed by atoms with van der Waals surface area (Å²) in [7, 11) is 4.36. The number of carboxylic acid groups (broad SMARTS) is 1. The molecule has 12 heteroatoms. The van der Waals surface area contributed by atoms with Crippen LogP contribution in [0.2, 0.25) is 0 Å². The van der Waals surface area contributed by atoms with E-state index in [1.807, 2.05) is 12.2 Å². The van der Waals surface area contributed by atoms with Crippen LogP contribution < -0.4 is 18.9 Å². The van der Waals surface area contributed by atoms with Crippen molar-refractivity contribution < 1.29 is 48.4 Å². The Labute approximate surface area is 254 Å². The van der Waals surface area contributed by atoms with E-state index in [4.69, 9.17) is 33.5 Å². The molecule has 0 aliphatic carbocycles. The fraction of sp³-hybridized carbons (Fsp3) is 0.344. The Morgan fingerprint density at radius 1 is 0.977 bits per heavy atom. The van der Waals surface area contributed by atoms with E-state index >= 15 is 0 Å². The highest BCUT2D eigenvalue weighted by molar-refractivity contribution is 5.66. The Morgan fingerprint density at radius 2 is 1.66 bits per heavy atom. The van der Waals surface area contributed by atoms with E-state index in [1.165, 1.54) is 33.5 Å². The molecule has 3 aromatic rings. The average Bonchev–Trinajstić information content (AvgIpc) is 3.01. The zero-order chi connectivity index (χ0) is 31.8. The largest absolute Gasteiger partial charge is 0.508 e. The van der Waals surface area contributed by atoms with Crippen molar-refractivity contribution in [1.82, 2.24) is 0 Å². The van der Waals surface area contributed by atoms with Crippen LogP contribution in [0.3, 0.4) is 0 Å². The Bertz CT molecular complexity index is 1520. The number of hydrogen-bond acceptors (Lipinski definition) is 10. The van der Waals surface area contributed by atoms with Crippen LogP contribution in [0.25, 0.3) is 0 Å². The van der Waals surface area contributed by atoms with Crippen molar-refractivity contribution in [2.24, 2.45) is 5.92 Å². The molecule has 0 unspecified atom stereocenters. The summed E-state index contributed by atoms with van der Waals surface area (Å²) in [5.74, 6) is 0.371. The maximum Gasteiger partial charge on any atom is 0.303 e. The average molecular weight is 610 g/mol. The number of nitro groups is 1. The molecule has 0 aromatic heterocycles. The number of allylic oxidation sites excluding steroid dienone is 2. The van der Waals surface area contributed by atoms with Crippen LogP contribution in [-0.4, -0.2) is 49.0 Å². The van der Waals surface area contributed by atoms with E-state index in [0.717, 1.165) is 0 Å². The number of para-hydroxylation sites is 1. The van der Waals surface area contributed by atoms with E-state index in [0.29, 0.717) is 41.0 Å². The number of benzene rings is 3. The second kappa shape index (κ2) is 14.6. The summed E-state index contributed by atoms with van der Waals surface area (Å²) < 4.78 is 35.5. The van der Waals surface area contributed by atoms with Gasteiger partial charge in [0.1, 0.15) is 11.5 Å². The van der Waals surface area contributed by atoms with E-state index in [2.05, 4.69) is 0 Å². The zero-order valence-corrected chi connectivity index (χ0v) is 24.8. The van der Waals surface area contributed by atoms with E-state index < -0.39 is 23.3 Å². The SMILES string of the molecule is COc1cc(Oc2cc(C)c([N+](=O)[O-])cc2OC)c([C@H]2OC[C@@H](C/C=C\CCC(=O)O)[C@@H](c3ccccc3O)O2)cc1OC. The topological polar surface area (TPSA) is 156 Å². The fourth-order valence-corrected chi connectivity index (χ4v) is 4.94. The van der Waals surface area contributed by atoms with Crippen LogP contribution in [0.4, 0.5) is 5.69 Å². The third-order valence-corrected chi connectivity index (χ3v) is 7.20. The molecule has 4 rings (SSSR count). The van der Waals surface area contributed by atoms with Gasteiger partial charge in [-0.2, -0.15) is 0 Å². The normalized spacial score (nSPS) is 18.1. The molecule has 1 aliphatic heterocycles. The highest BCUT2D eigenvalue weighted by atomic mass is 16.7. The van der Waals surface area contributed by atoms with Crippen LogP contribution in [0.1, 0.15) is 48.3 Å². The number of carboxylic acids is 1. The van der Waals surface area contributed by atoms with Crippen molar-refractivity contribution in [2.75, 3.05) is 27.9 Å². The number of carbonyl (C=O) groups is 1. The van der Waals surface area contributed by atoms with Crippen LogP contribution in [0, 0.1) is 23.0 Å². The van der Waals surface area contributed by atoms with Gasteiger partial charge in [-0.1, -0.05) is 30.4 Å². The molecule has 1 saturated heterocycles. The van der Waals surface area contributed by atoms with E-state index in [1.54, 1.807) is 43.3 Å². The van der Waals surface area contributed by atoms with Gasteiger partial charge in [0.05, 0.1) is 50.6 Å². The summed E-state index contributed by atoms with van der Waals surface area (Å²) in [5, 5.41) is 31.1. The molecule has 12 nitrogen and oxygen atoms in total. The third-order valence-electron chi connectivity index (χ3n) is 7.20. The van der Waals surface area contributed by atoms with Crippen molar-refractivity contribution >= 4 is 11.7 Å². The first-order valence-electron chi connectivity index (χ1n) is 13.8. The quantitative estimate of drug-likeness (QED) is 0.122. The summed E-state index contributed by atoms with van der Waals surface area (Å²) in [5.41, 5.74) is 1.27. The number of phenolic OH excluding ortho intramolecular Hbond substituents is 1. The molecule has 1 heterocycles. The van der Waals surface area contributed by atoms with Crippen LogP contribution in [0.5, 0.6) is 34.5 Å². The number of rotatable bonds is 13. The fourth-order valence-electron chi connectivity index (χ4n) is 4.94. The molecule has 234 valence electrons. The zero-order valence-electron chi connectivity index (χ0n) is 24.8. The molecule has 0 amide bonds. The lowest BCUT2D eigenvalue weighted by Crippen LogP contribution is -2.30. The number of aryl methyl sites for hydroxylation is 1. The highest BCUT2D eigenvalue weighted by Gasteiger charge is 2.36. The Morgan fingerprint density at radius 3 is 2.32 bits per heavy atom. The third kappa shape index (κ3) is 7.39. The van der Waals surface area contributed by atoms with Gasteiger partial charge in [0.15, 0.2) is 29.3 Å². The lowest BCUT2D eigenvalue weighted by Gasteiger charge is -2.37. The molecule has 44 heavy (non-hydrogen) atoms. The van der Waals surface area contributed by atoms with Gasteiger partial charge in [0.25, 0.3) is 5.69 Å². The summed E-state index contributed by atoms with van der Waals surface area (Å²) >= 11 is 0. The number of nitrogens with zero attached hydrogens (tertiary/aromatic N) is 1. The summed E-state index contributed by atoms with van der Waals surface area (Å²) in [6, 6.07) is 12.9. The van der Waals surface area contributed by atoms with E-state index in [9.17, 15) is 20.0 Å². The van der Waals surface area contributed by atoms with Gasteiger partial charge in [-0.05, 0) is 38.0 Å². The maximum atomic E-state index is 11.5. The molecule has 3 aromatic carbocycles. The highest BCUT2D eigenvalue weighted by Crippen LogP contribution is 2.48. The molecule has 0 saturated carbocycles. The summed E-state index contributed by atoms with van der Waals surface area (Å²) in [6.45, 7) is 1.83. The van der Waals surface area contributed by atoms with Gasteiger partial charge in [-0.15, -0.1) is 0 Å². The number of hydrogen-bond donors (Lipinski definition) is 2. The monoisotopic (exact) mass is 609 g/mol. The number of methoxy groups -OCH3 is 3. The van der Waals surface area contributed by atoms with Crippen molar-refractivity contribution in [1.29, 1.82) is 0 Å². The second-order valence-electron chi connectivity index (χ2n) is 10.1. The number of aliphatic carboxylic acids is 1.